The number of amides is 1. The van der Waals surface area contributed by atoms with Gasteiger partial charge in [-0.05, 0) is 48.7 Å². The Hall–Kier alpha value is -1.71. The van der Waals surface area contributed by atoms with Crippen LogP contribution in [-0.4, -0.2) is 13.0 Å². The monoisotopic (exact) mass is 335 g/mol. The van der Waals surface area contributed by atoms with Crippen molar-refractivity contribution in [3.05, 3.63) is 58.1 Å². The van der Waals surface area contributed by atoms with Crippen LogP contribution < -0.4 is 10.1 Å². The third-order valence-electron chi connectivity index (χ3n) is 3.99. The molecule has 2 aromatic carbocycles. The molecule has 3 rings (SSSR count). The minimum absolute atomic E-state index is 0.0459. The van der Waals surface area contributed by atoms with Gasteiger partial charge < -0.3 is 10.1 Å². The first kappa shape index (κ1) is 15.2. The molecular weight excluding hydrogens is 321 g/mol. The van der Waals surface area contributed by atoms with Crippen LogP contribution in [0, 0.1) is 0 Å². The maximum absolute atomic E-state index is 12.7. The van der Waals surface area contributed by atoms with Crippen LogP contribution in [0.2, 0.25) is 10.0 Å². The number of hydrogen-bond donors (Lipinski definition) is 1. The number of benzene rings is 2. The Morgan fingerprint density at radius 2 is 1.73 bits per heavy atom. The maximum atomic E-state index is 12.7. The van der Waals surface area contributed by atoms with E-state index in [-0.39, 0.29) is 5.91 Å². The maximum Gasteiger partial charge on any atom is 0.235 e. The van der Waals surface area contributed by atoms with E-state index >= 15 is 0 Å². The van der Waals surface area contributed by atoms with E-state index in [0.717, 1.165) is 18.4 Å². The Labute approximate surface area is 139 Å². The third-order valence-corrected chi connectivity index (χ3v) is 4.48. The van der Waals surface area contributed by atoms with Gasteiger partial charge in [-0.25, -0.2) is 0 Å². The quantitative estimate of drug-likeness (QED) is 0.881. The summed E-state index contributed by atoms with van der Waals surface area (Å²) in [5.74, 6) is 0.542. The number of methoxy groups -OCH3 is 1. The average Bonchev–Trinajstić information content (AvgIpc) is 3.30. The van der Waals surface area contributed by atoms with Gasteiger partial charge in [-0.1, -0.05) is 35.3 Å². The molecular formula is C17H15Cl2NO2. The lowest BCUT2D eigenvalue weighted by Crippen LogP contribution is -2.28. The van der Waals surface area contributed by atoms with Gasteiger partial charge in [0.1, 0.15) is 5.75 Å². The van der Waals surface area contributed by atoms with Crippen molar-refractivity contribution in [3.8, 4) is 5.75 Å². The lowest BCUT2D eigenvalue weighted by atomic mass is 9.95. The Balaban J connectivity index is 1.86. The second kappa shape index (κ2) is 5.82. The fourth-order valence-corrected chi connectivity index (χ4v) is 2.86. The van der Waals surface area contributed by atoms with Crippen molar-refractivity contribution in [2.24, 2.45) is 0 Å². The average molecular weight is 336 g/mol. The largest absolute Gasteiger partial charge is 0.495 e. The summed E-state index contributed by atoms with van der Waals surface area (Å²) >= 11 is 11.9. The predicted molar refractivity (Wildman–Crippen MR) is 89.0 cm³/mol. The van der Waals surface area contributed by atoms with Crippen LogP contribution in [0.5, 0.6) is 5.75 Å². The minimum atomic E-state index is -0.474. The molecule has 1 N–H and O–H groups in total. The van der Waals surface area contributed by atoms with E-state index in [1.54, 1.807) is 25.3 Å². The normalized spacial score (nSPS) is 15.2. The van der Waals surface area contributed by atoms with Crippen LogP contribution in [0.3, 0.4) is 0 Å². The molecule has 1 saturated carbocycles. The summed E-state index contributed by atoms with van der Waals surface area (Å²) in [5.41, 5.74) is 1.09. The number of anilines is 1. The number of halogens is 2. The zero-order chi connectivity index (χ0) is 15.7. The molecule has 0 aliphatic heterocycles. The zero-order valence-corrected chi connectivity index (χ0v) is 13.5. The molecule has 1 aliphatic carbocycles. The Morgan fingerprint density at radius 3 is 2.32 bits per heavy atom. The molecule has 0 saturated heterocycles. The number of rotatable bonds is 4. The van der Waals surface area contributed by atoms with Crippen molar-refractivity contribution >= 4 is 34.8 Å². The van der Waals surface area contributed by atoms with E-state index in [1.165, 1.54) is 0 Å². The molecule has 5 heteroatoms. The summed E-state index contributed by atoms with van der Waals surface area (Å²) in [5, 5.41) is 4.15. The van der Waals surface area contributed by atoms with E-state index in [1.807, 2.05) is 24.3 Å². The lowest BCUT2D eigenvalue weighted by molar-refractivity contribution is -0.118. The fraction of sp³-hybridized carbons (Fsp3) is 0.235. The van der Waals surface area contributed by atoms with Gasteiger partial charge in [-0.3, -0.25) is 4.79 Å². The topological polar surface area (TPSA) is 38.3 Å². The molecule has 0 unspecified atom stereocenters. The van der Waals surface area contributed by atoms with Gasteiger partial charge in [0.05, 0.1) is 18.2 Å². The van der Waals surface area contributed by atoms with Crippen molar-refractivity contribution in [1.82, 2.24) is 0 Å². The number of ether oxygens (including phenoxy) is 1. The highest BCUT2D eigenvalue weighted by Crippen LogP contribution is 2.49. The highest BCUT2D eigenvalue weighted by molar-refractivity contribution is 6.31. The molecule has 0 bridgehead atoms. The molecule has 1 amide bonds. The number of nitrogens with one attached hydrogen (secondary N) is 1. The van der Waals surface area contributed by atoms with E-state index in [0.29, 0.717) is 21.5 Å². The van der Waals surface area contributed by atoms with Crippen LogP contribution in [-0.2, 0) is 10.2 Å². The highest BCUT2D eigenvalue weighted by atomic mass is 35.5. The summed E-state index contributed by atoms with van der Waals surface area (Å²) in [6.45, 7) is 0. The summed E-state index contributed by atoms with van der Waals surface area (Å²) < 4.78 is 5.26. The number of carbonyl (C=O) groups excluding carboxylic acids is 1. The first-order chi connectivity index (χ1) is 10.5. The summed E-state index contributed by atoms with van der Waals surface area (Å²) in [6.07, 6.45) is 1.65. The SMILES string of the molecule is COc1ccc(Cl)cc1NC(=O)C1(c2ccc(Cl)cc2)CC1. The Morgan fingerprint density at radius 1 is 1.09 bits per heavy atom. The van der Waals surface area contributed by atoms with E-state index in [2.05, 4.69) is 5.32 Å². The summed E-state index contributed by atoms with van der Waals surface area (Å²) in [4.78, 5) is 12.7. The molecule has 1 aliphatic rings. The molecule has 0 radical (unpaired) electrons. The highest BCUT2D eigenvalue weighted by Gasteiger charge is 2.51. The second-order valence-corrected chi connectivity index (χ2v) is 6.26. The minimum Gasteiger partial charge on any atom is -0.495 e. The molecule has 0 spiro atoms. The summed E-state index contributed by atoms with van der Waals surface area (Å²) in [6, 6.07) is 12.6. The van der Waals surface area contributed by atoms with Crippen LogP contribution >= 0.6 is 23.2 Å². The lowest BCUT2D eigenvalue weighted by Gasteiger charge is -2.17. The van der Waals surface area contributed by atoms with Crippen LogP contribution in [0.25, 0.3) is 0 Å². The number of carbonyl (C=O) groups is 1. The Kier molecular flexibility index (Phi) is 4.02. The van der Waals surface area contributed by atoms with Crippen LogP contribution in [0.4, 0.5) is 5.69 Å². The molecule has 114 valence electrons. The smallest absolute Gasteiger partial charge is 0.235 e. The van der Waals surface area contributed by atoms with Crippen molar-refractivity contribution in [2.75, 3.05) is 12.4 Å². The van der Waals surface area contributed by atoms with Crippen LogP contribution in [0.1, 0.15) is 18.4 Å². The predicted octanol–water partition coefficient (Wildman–Crippen LogP) is 4.67. The van der Waals surface area contributed by atoms with Crippen molar-refractivity contribution < 1.29 is 9.53 Å². The van der Waals surface area contributed by atoms with E-state index in [4.69, 9.17) is 27.9 Å². The van der Waals surface area contributed by atoms with Gasteiger partial charge in [0, 0.05) is 10.0 Å². The van der Waals surface area contributed by atoms with E-state index < -0.39 is 5.41 Å². The van der Waals surface area contributed by atoms with Gasteiger partial charge in [0.15, 0.2) is 0 Å². The van der Waals surface area contributed by atoms with Crippen LogP contribution in [0.15, 0.2) is 42.5 Å². The second-order valence-electron chi connectivity index (χ2n) is 5.39. The van der Waals surface area contributed by atoms with Crippen molar-refractivity contribution in [1.29, 1.82) is 0 Å². The van der Waals surface area contributed by atoms with Gasteiger partial charge in [0.2, 0.25) is 5.91 Å². The standard InChI is InChI=1S/C17H15Cl2NO2/c1-22-15-7-6-13(19)10-14(15)20-16(21)17(8-9-17)11-2-4-12(18)5-3-11/h2-7,10H,8-9H2,1H3,(H,20,21). The molecule has 0 aromatic heterocycles. The van der Waals surface area contributed by atoms with Gasteiger partial charge in [-0.2, -0.15) is 0 Å². The van der Waals surface area contributed by atoms with E-state index in [9.17, 15) is 4.79 Å². The molecule has 0 heterocycles. The summed E-state index contributed by atoms with van der Waals surface area (Å²) in [7, 11) is 1.56. The molecule has 0 atom stereocenters. The first-order valence-corrected chi connectivity index (χ1v) is 7.72. The van der Waals surface area contributed by atoms with Crippen molar-refractivity contribution in [2.45, 2.75) is 18.3 Å². The van der Waals surface area contributed by atoms with Gasteiger partial charge in [-0.15, -0.1) is 0 Å². The van der Waals surface area contributed by atoms with Crippen molar-refractivity contribution in [3.63, 3.8) is 0 Å². The first-order valence-electron chi connectivity index (χ1n) is 6.96. The molecule has 22 heavy (non-hydrogen) atoms. The fourth-order valence-electron chi connectivity index (χ4n) is 2.56. The Bertz CT molecular complexity index is 709. The third kappa shape index (κ3) is 2.79. The number of hydrogen-bond acceptors (Lipinski definition) is 2. The molecule has 2 aromatic rings. The molecule has 3 nitrogen and oxygen atoms in total. The molecule has 1 fully saturated rings. The zero-order valence-electron chi connectivity index (χ0n) is 12.0. The van der Waals surface area contributed by atoms with Gasteiger partial charge >= 0.3 is 0 Å². The van der Waals surface area contributed by atoms with Gasteiger partial charge in [0.25, 0.3) is 0 Å².